The Morgan fingerprint density at radius 1 is 1.15 bits per heavy atom. The molecule has 1 amide bonds. The molecule has 0 atom stereocenters. The number of ether oxygens (including phenoxy) is 2. The third kappa shape index (κ3) is 8.98. The first-order valence-electron chi connectivity index (χ1n) is 13.3. The van der Waals surface area contributed by atoms with Crippen LogP contribution in [0.1, 0.15) is 55.9 Å². The van der Waals surface area contributed by atoms with Crippen molar-refractivity contribution in [2.24, 2.45) is 0 Å². The van der Waals surface area contributed by atoms with E-state index in [-0.39, 0.29) is 18.7 Å². The Balaban J connectivity index is 1.78. The Kier molecular flexibility index (Phi) is 10.0. The van der Waals surface area contributed by atoms with Gasteiger partial charge >= 0.3 is 12.1 Å². The number of aryl methyl sites for hydroxylation is 2. The number of likely N-dealkylation sites (tertiary alicyclic amines) is 1. The van der Waals surface area contributed by atoms with Crippen LogP contribution < -0.4 is 9.04 Å². The molecule has 1 aliphatic rings. The molecule has 1 heterocycles. The maximum Gasteiger partial charge on any atom is 0.410 e. The molecule has 220 valence electrons. The van der Waals surface area contributed by atoms with Crippen LogP contribution in [-0.4, -0.2) is 67.6 Å². The van der Waals surface area contributed by atoms with E-state index in [0.717, 1.165) is 4.31 Å². The van der Waals surface area contributed by atoms with Gasteiger partial charge < -0.3 is 19.5 Å². The van der Waals surface area contributed by atoms with Crippen molar-refractivity contribution in [1.29, 1.82) is 5.26 Å². The zero-order valence-electron chi connectivity index (χ0n) is 24.1. The number of rotatable bonds is 9. The van der Waals surface area contributed by atoms with Gasteiger partial charge in [0, 0.05) is 25.9 Å². The second-order valence-corrected chi connectivity index (χ2v) is 12.9. The molecule has 0 aromatic heterocycles. The predicted molar refractivity (Wildman–Crippen MR) is 156 cm³/mol. The zero-order chi connectivity index (χ0) is 30.4. The van der Waals surface area contributed by atoms with Crippen LogP contribution >= 0.6 is 0 Å². The smallest absolute Gasteiger partial charge is 0.410 e. The summed E-state index contributed by atoms with van der Waals surface area (Å²) in [4.78, 5) is 25.4. The van der Waals surface area contributed by atoms with Gasteiger partial charge in [0.2, 0.25) is 10.0 Å². The first-order valence-corrected chi connectivity index (χ1v) is 14.9. The van der Waals surface area contributed by atoms with Crippen molar-refractivity contribution < 1.29 is 32.6 Å². The highest BCUT2D eigenvalue weighted by Gasteiger charge is 2.29. The summed E-state index contributed by atoms with van der Waals surface area (Å²) >= 11 is 0. The number of nitrogens with zero attached hydrogens (tertiary/aromatic N) is 3. The lowest BCUT2D eigenvalue weighted by molar-refractivity contribution is -0.134. The number of piperidine rings is 1. The average molecular weight is 584 g/mol. The standard InChI is InChI=1S/C30H37N3O7S/c1-21-16-25(17-22(2)28(21)39-26-11-14-32(15-12-26)29(36)40-30(3,4)5)33(41(37,38)20-27(34)35)13-7-10-23-8-6-9-24(18-23)19-31/h6-10,16-18,26H,11-15,20H2,1-5H3,(H,34,35). The van der Waals surface area contributed by atoms with Gasteiger partial charge in [-0.2, -0.15) is 5.26 Å². The van der Waals surface area contributed by atoms with Crippen molar-refractivity contribution in [1.82, 2.24) is 4.90 Å². The van der Waals surface area contributed by atoms with Crippen molar-refractivity contribution in [3.63, 3.8) is 0 Å². The van der Waals surface area contributed by atoms with Gasteiger partial charge in [-0.25, -0.2) is 13.2 Å². The quantitative estimate of drug-likeness (QED) is 0.441. The third-order valence-corrected chi connectivity index (χ3v) is 7.99. The molecule has 3 rings (SSSR count). The van der Waals surface area contributed by atoms with Crippen LogP contribution in [0.25, 0.3) is 6.08 Å². The second-order valence-electron chi connectivity index (χ2n) is 11.0. The van der Waals surface area contributed by atoms with Crippen LogP contribution in [0.3, 0.4) is 0 Å². The number of amides is 1. The fraction of sp³-hybridized carbons (Fsp3) is 0.433. The van der Waals surface area contributed by atoms with Crippen molar-refractivity contribution in [3.05, 3.63) is 64.7 Å². The Bertz CT molecular complexity index is 1420. The Labute approximate surface area is 241 Å². The van der Waals surface area contributed by atoms with Gasteiger partial charge in [-0.15, -0.1) is 0 Å². The molecule has 0 unspecified atom stereocenters. The molecule has 2 aromatic rings. The first kappa shape index (κ1) is 31.5. The van der Waals surface area contributed by atoms with E-state index in [1.54, 1.807) is 53.5 Å². The maximum absolute atomic E-state index is 13.1. The van der Waals surface area contributed by atoms with E-state index in [9.17, 15) is 23.1 Å². The van der Waals surface area contributed by atoms with Crippen molar-refractivity contribution in [3.8, 4) is 11.8 Å². The molecule has 41 heavy (non-hydrogen) atoms. The minimum Gasteiger partial charge on any atom is -0.490 e. The van der Waals surface area contributed by atoms with Gasteiger partial charge in [0.1, 0.15) is 17.5 Å². The molecule has 1 saturated heterocycles. The number of nitriles is 1. The van der Waals surface area contributed by atoms with E-state index in [2.05, 4.69) is 6.07 Å². The molecule has 2 aromatic carbocycles. The summed E-state index contributed by atoms with van der Waals surface area (Å²) in [6.45, 7) is 10.0. The number of carboxylic acids is 1. The third-order valence-electron chi connectivity index (χ3n) is 6.35. The van der Waals surface area contributed by atoms with E-state index >= 15 is 0 Å². The Morgan fingerprint density at radius 3 is 2.34 bits per heavy atom. The van der Waals surface area contributed by atoms with Gasteiger partial charge in [0.05, 0.1) is 23.9 Å². The summed E-state index contributed by atoms with van der Waals surface area (Å²) < 4.78 is 39.0. The van der Waals surface area contributed by atoms with Crippen LogP contribution in [-0.2, 0) is 19.6 Å². The number of benzene rings is 2. The van der Waals surface area contributed by atoms with E-state index in [4.69, 9.17) is 14.7 Å². The lowest BCUT2D eigenvalue weighted by Gasteiger charge is -2.34. The molecule has 11 heteroatoms. The molecule has 0 radical (unpaired) electrons. The number of aliphatic carboxylic acids is 1. The Hall–Kier alpha value is -4.04. The minimum atomic E-state index is -4.20. The monoisotopic (exact) mass is 583 g/mol. The van der Waals surface area contributed by atoms with Gasteiger partial charge in [0.15, 0.2) is 5.75 Å². The van der Waals surface area contributed by atoms with Gasteiger partial charge in [0.25, 0.3) is 0 Å². The molecular formula is C30H37N3O7S. The molecule has 10 nitrogen and oxygen atoms in total. The summed E-state index contributed by atoms with van der Waals surface area (Å²) in [7, 11) is -4.20. The van der Waals surface area contributed by atoms with Gasteiger partial charge in [-0.1, -0.05) is 24.3 Å². The molecule has 1 N–H and O–H groups in total. The highest BCUT2D eigenvalue weighted by atomic mass is 32.2. The topological polar surface area (TPSA) is 137 Å². The lowest BCUT2D eigenvalue weighted by Crippen LogP contribution is -2.44. The van der Waals surface area contributed by atoms with E-state index in [1.165, 1.54) is 0 Å². The van der Waals surface area contributed by atoms with E-state index in [1.807, 2.05) is 34.6 Å². The van der Waals surface area contributed by atoms with Gasteiger partial charge in [-0.05, 0) is 75.6 Å². The van der Waals surface area contributed by atoms with E-state index < -0.39 is 27.3 Å². The molecule has 0 spiro atoms. The highest BCUT2D eigenvalue weighted by molar-refractivity contribution is 7.93. The fourth-order valence-corrected chi connectivity index (χ4v) is 5.72. The number of sulfonamides is 1. The molecule has 1 aliphatic heterocycles. The number of carboxylic acid groups (broad SMARTS) is 1. The zero-order valence-corrected chi connectivity index (χ0v) is 24.9. The number of carbonyl (C=O) groups excluding carboxylic acids is 1. The van der Waals surface area contributed by atoms with Crippen molar-refractivity contribution in [2.75, 3.05) is 29.7 Å². The lowest BCUT2D eigenvalue weighted by atomic mass is 10.1. The number of carbonyl (C=O) groups is 2. The molecule has 1 fully saturated rings. The Morgan fingerprint density at radius 2 is 1.78 bits per heavy atom. The largest absolute Gasteiger partial charge is 0.490 e. The van der Waals surface area contributed by atoms with Crippen LogP contribution in [0.5, 0.6) is 5.75 Å². The normalized spacial score (nSPS) is 14.5. The summed E-state index contributed by atoms with van der Waals surface area (Å²) in [6, 6.07) is 12.2. The summed E-state index contributed by atoms with van der Waals surface area (Å²) in [5.41, 5.74) is 2.36. The molecule has 0 bridgehead atoms. The predicted octanol–water partition coefficient (Wildman–Crippen LogP) is 4.89. The molecule has 0 saturated carbocycles. The first-order chi connectivity index (χ1) is 19.2. The molecule has 0 aliphatic carbocycles. The van der Waals surface area contributed by atoms with E-state index in [0.29, 0.717) is 59.6 Å². The van der Waals surface area contributed by atoms with Gasteiger partial charge in [-0.3, -0.25) is 9.10 Å². The van der Waals surface area contributed by atoms with Crippen LogP contribution in [0.15, 0.2) is 42.5 Å². The molecular weight excluding hydrogens is 546 g/mol. The number of hydrogen-bond acceptors (Lipinski definition) is 7. The fourth-order valence-electron chi connectivity index (χ4n) is 4.52. The van der Waals surface area contributed by atoms with Crippen molar-refractivity contribution >= 4 is 33.8 Å². The summed E-state index contributed by atoms with van der Waals surface area (Å²) in [5.74, 6) is -1.88. The average Bonchev–Trinajstić information content (AvgIpc) is 2.87. The van der Waals surface area contributed by atoms with Crippen LogP contribution in [0.2, 0.25) is 0 Å². The number of anilines is 1. The van der Waals surface area contributed by atoms with Crippen molar-refractivity contribution in [2.45, 2.75) is 59.2 Å². The van der Waals surface area contributed by atoms with Crippen LogP contribution in [0.4, 0.5) is 10.5 Å². The second kappa shape index (κ2) is 13.1. The summed E-state index contributed by atoms with van der Waals surface area (Å²) in [6.07, 6.45) is 4.07. The minimum absolute atomic E-state index is 0.103. The number of hydrogen-bond donors (Lipinski definition) is 1. The SMILES string of the molecule is Cc1cc(N(CC=Cc2cccc(C#N)c2)S(=O)(=O)CC(=O)O)cc(C)c1OC1CCN(C(=O)OC(C)(C)C)CC1. The van der Waals surface area contributed by atoms with Crippen LogP contribution in [0, 0.1) is 25.2 Å². The maximum atomic E-state index is 13.1. The summed E-state index contributed by atoms with van der Waals surface area (Å²) in [5, 5.41) is 18.4. The highest BCUT2D eigenvalue weighted by Crippen LogP contribution is 2.33.